The Morgan fingerprint density at radius 2 is 2.12 bits per heavy atom. The number of likely N-dealkylation sites (tertiary alicyclic amines) is 1. The first-order valence-corrected chi connectivity index (χ1v) is 5.97. The average Bonchev–Trinajstić information content (AvgIpc) is 2.70. The summed E-state index contributed by atoms with van der Waals surface area (Å²) in [5.74, 6) is -0.0294. The van der Waals surface area contributed by atoms with Gasteiger partial charge in [0.15, 0.2) is 0 Å². The number of carbonyl (C=O) groups is 2. The van der Waals surface area contributed by atoms with Crippen molar-refractivity contribution < 1.29 is 14.3 Å². The van der Waals surface area contributed by atoms with E-state index < -0.39 is 12.1 Å². The SMILES string of the molecule is COC(=O)N[C@H](C(=O)N1[CH]CCC1C)C(C)C. The molecule has 1 heterocycles. The minimum absolute atomic E-state index is 0.0304. The number of rotatable bonds is 3. The summed E-state index contributed by atoms with van der Waals surface area (Å²) in [4.78, 5) is 25.2. The van der Waals surface area contributed by atoms with E-state index in [4.69, 9.17) is 0 Å². The Bertz CT molecular complexity index is 291. The van der Waals surface area contributed by atoms with Crippen LogP contribution in [0.3, 0.4) is 0 Å². The molecule has 0 aromatic rings. The molecule has 0 aromatic carbocycles. The van der Waals surface area contributed by atoms with Crippen molar-refractivity contribution in [2.24, 2.45) is 5.92 Å². The Morgan fingerprint density at radius 1 is 1.47 bits per heavy atom. The molecule has 1 aliphatic heterocycles. The molecule has 0 saturated carbocycles. The van der Waals surface area contributed by atoms with Gasteiger partial charge in [0, 0.05) is 6.04 Å². The Morgan fingerprint density at radius 3 is 2.53 bits per heavy atom. The molecule has 97 valence electrons. The monoisotopic (exact) mass is 241 g/mol. The maximum absolute atomic E-state index is 12.3. The number of hydrogen-bond donors (Lipinski definition) is 1. The normalized spacial score (nSPS) is 21.5. The molecule has 5 nitrogen and oxygen atoms in total. The second-order valence-electron chi connectivity index (χ2n) is 4.71. The molecule has 1 N–H and O–H groups in total. The van der Waals surface area contributed by atoms with Crippen LogP contribution < -0.4 is 5.32 Å². The fourth-order valence-electron chi connectivity index (χ4n) is 1.94. The van der Waals surface area contributed by atoms with Crippen LogP contribution in [0.2, 0.25) is 0 Å². The molecule has 0 spiro atoms. The van der Waals surface area contributed by atoms with E-state index in [9.17, 15) is 9.59 Å². The summed E-state index contributed by atoms with van der Waals surface area (Å²) in [7, 11) is 1.29. The average molecular weight is 241 g/mol. The van der Waals surface area contributed by atoms with Crippen molar-refractivity contribution >= 4 is 12.0 Å². The van der Waals surface area contributed by atoms with Gasteiger partial charge in [-0.2, -0.15) is 0 Å². The number of methoxy groups -OCH3 is 1. The van der Waals surface area contributed by atoms with Gasteiger partial charge in [0.1, 0.15) is 6.04 Å². The number of hydrogen-bond acceptors (Lipinski definition) is 3. The van der Waals surface area contributed by atoms with Gasteiger partial charge in [-0.25, -0.2) is 4.79 Å². The summed E-state index contributed by atoms with van der Waals surface area (Å²) in [6.45, 7) is 7.72. The first-order chi connectivity index (χ1) is 7.97. The molecule has 0 aliphatic carbocycles. The zero-order chi connectivity index (χ0) is 13.0. The van der Waals surface area contributed by atoms with Crippen molar-refractivity contribution in [1.82, 2.24) is 10.2 Å². The van der Waals surface area contributed by atoms with Gasteiger partial charge in [0.05, 0.1) is 13.7 Å². The Kier molecular flexibility index (Phi) is 4.78. The van der Waals surface area contributed by atoms with E-state index in [1.807, 2.05) is 27.3 Å². The van der Waals surface area contributed by atoms with E-state index in [1.165, 1.54) is 7.11 Å². The number of amides is 2. The van der Waals surface area contributed by atoms with Crippen molar-refractivity contribution in [1.29, 1.82) is 0 Å². The lowest BCUT2D eigenvalue weighted by atomic mass is 10.0. The highest BCUT2D eigenvalue weighted by molar-refractivity contribution is 5.86. The zero-order valence-electron chi connectivity index (χ0n) is 10.9. The third kappa shape index (κ3) is 3.35. The molecule has 0 aromatic heterocycles. The Balaban J connectivity index is 2.69. The number of alkyl carbamates (subject to hydrolysis) is 1. The Labute approximate surface area is 102 Å². The van der Waals surface area contributed by atoms with Crippen molar-refractivity contribution in [3.8, 4) is 0 Å². The third-order valence-corrected chi connectivity index (χ3v) is 3.03. The summed E-state index contributed by atoms with van der Waals surface area (Å²) in [5.41, 5.74) is 0. The van der Waals surface area contributed by atoms with Crippen LogP contribution >= 0.6 is 0 Å². The highest BCUT2D eigenvalue weighted by Crippen LogP contribution is 2.22. The van der Waals surface area contributed by atoms with Gasteiger partial charge < -0.3 is 15.0 Å². The fraction of sp³-hybridized carbons (Fsp3) is 0.750. The molecule has 2 atom stereocenters. The smallest absolute Gasteiger partial charge is 0.407 e. The molecule has 0 bridgehead atoms. The highest BCUT2D eigenvalue weighted by Gasteiger charge is 2.33. The van der Waals surface area contributed by atoms with E-state index in [0.29, 0.717) is 0 Å². The van der Waals surface area contributed by atoms with Crippen molar-refractivity contribution in [2.45, 2.75) is 45.7 Å². The lowest BCUT2D eigenvalue weighted by Crippen LogP contribution is -2.51. The predicted molar refractivity (Wildman–Crippen MR) is 64.0 cm³/mol. The van der Waals surface area contributed by atoms with E-state index in [-0.39, 0.29) is 17.9 Å². The maximum atomic E-state index is 12.3. The molecule has 1 aliphatic rings. The number of nitrogens with zero attached hydrogens (tertiary/aromatic N) is 1. The zero-order valence-corrected chi connectivity index (χ0v) is 10.9. The topological polar surface area (TPSA) is 58.6 Å². The summed E-state index contributed by atoms with van der Waals surface area (Å²) < 4.78 is 4.54. The van der Waals surface area contributed by atoms with Crippen LogP contribution in [0.5, 0.6) is 0 Å². The van der Waals surface area contributed by atoms with E-state index in [1.54, 1.807) is 4.90 Å². The quantitative estimate of drug-likeness (QED) is 0.815. The minimum Gasteiger partial charge on any atom is -0.453 e. The standard InChI is InChI=1S/C12H21N2O3/c1-8(2)10(13-12(16)17-4)11(15)14-7-5-6-9(14)3/h7-10H,5-6H2,1-4H3,(H,13,16)/t9?,10-/m0/s1. The highest BCUT2D eigenvalue weighted by atomic mass is 16.5. The lowest BCUT2D eigenvalue weighted by Gasteiger charge is -2.28. The molecule has 1 unspecified atom stereocenters. The molecule has 17 heavy (non-hydrogen) atoms. The third-order valence-electron chi connectivity index (χ3n) is 3.03. The van der Waals surface area contributed by atoms with Crippen molar-refractivity contribution in [2.75, 3.05) is 7.11 Å². The van der Waals surface area contributed by atoms with E-state index in [0.717, 1.165) is 12.8 Å². The summed E-state index contributed by atoms with van der Waals surface area (Å²) in [5, 5.41) is 2.59. The van der Waals surface area contributed by atoms with E-state index in [2.05, 4.69) is 10.1 Å². The van der Waals surface area contributed by atoms with Crippen LogP contribution in [0.25, 0.3) is 0 Å². The van der Waals surface area contributed by atoms with Gasteiger partial charge in [-0.1, -0.05) is 13.8 Å². The predicted octanol–water partition coefficient (Wildman–Crippen LogP) is 1.54. The van der Waals surface area contributed by atoms with Gasteiger partial charge in [-0.15, -0.1) is 0 Å². The Hall–Kier alpha value is -1.26. The first-order valence-electron chi connectivity index (χ1n) is 5.97. The second kappa shape index (κ2) is 5.89. The largest absolute Gasteiger partial charge is 0.453 e. The van der Waals surface area contributed by atoms with Gasteiger partial charge in [-0.05, 0) is 25.7 Å². The number of ether oxygens (including phenoxy) is 1. The molecule has 1 rings (SSSR count). The van der Waals surface area contributed by atoms with Gasteiger partial charge >= 0.3 is 6.09 Å². The van der Waals surface area contributed by atoms with Crippen LogP contribution in [-0.4, -0.2) is 36.1 Å². The molecule has 5 heteroatoms. The minimum atomic E-state index is -0.566. The van der Waals surface area contributed by atoms with Crippen LogP contribution in [0, 0.1) is 12.5 Å². The van der Waals surface area contributed by atoms with Gasteiger partial charge in [-0.3, -0.25) is 4.79 Å². The molecule has 1 fully saturated rings. The van der Waals surface area contributed by atoms with Crippen molar-refractivity contribution in [3.05, 3.63) is 6.54 Å². The maximum Gasteiger partial charge on any atom is 0.407 e. The van der Waals surface area contributed by atoms with Crippen LogP contribution in [0.4, 0.5) is 4.79 Å². The molecular weight excluding hydrogens is 220 g/mol. The number of carbonyl (C=O) groups excluding carboxylic acids is 2. The summed E-state index contributed by atoms with van der Waals surface area (Å²) in [6, 6.07) is -0.317. The number of nitrogens with one attached hydrogen (secondary N) is 1. The first kappa shape index (κ1) is 13.8. The van der Waals surface area contributed by atoms with Gasteiger partial charge in [0.25, 0.3) is 0 Å². The van der Waals surface area contributed by atoms with Crippen LogP contribution in [0.15, 0.2) is 0 Å². The summed E-state index contributed by atoms with van der Waals surface area (Å²) >= 11 is 0. The van der Waals surface area contributed by atoms with Gasteiger partial charge in [0.2, 0.25) is 5.91 Å². The fourth-order valence-corrected chi connectivity index (χ4v) is 1.94. The van der Waals surface area contributed by atoms with Crippen LogP contribution in [-0.2, 0) is 9.53 Å². The molecule has 1 radical (unpaired) electrons. The molecule has 1 saturated heterocycles. The van der Waals surface area contributed by atoms with E-state index >= 15 is 0 Å². The lowest BCUT2D eigenvalue weighted by molar-refractivity contribution is -0.133. The molecule has 2 amide bonds. The summed E-state index contributed by atoms with van der Waals surface area (Å²) in [6.07, 6.45) is 1.33. The second-order valence-corrected chi connectivity index (χ2v) is 4.71. The van der Waals surface area contributed by atoms with Crippen LogP contribution in [0.1, 0.15) is 33.6 Å². The van der Waals surface area contributed by atoms with Crippen molar-refractivity contribution in [3.63, 3.8) is 0 Å². The molecular formula is C12H21N2O3.